The van der Waals surface area contributed by atoms with Crippen LogP contribution in [-0.4, -0.2) is 8.07 Å². The van der Waals surface area contributed by atoms with E-state index in [2.05, 4.69) is 181 Å². The van der Waals surface area contributed by atoms with Crippen LogP contribution in [0.15, 0.2) is 169 Å². The number of fused-ring (bicyclic) bond motifs is 8. The van der Waals surface area contributed by atoms with Crippen LogP contribution in [0.1, 0.15) is 56.3 Å². The predicted octanol–water partition coefficient (Wildman–Crippen LogP) is 11.8. The van der Waals surface area contributed by atoms with Crippen LogP contribution in [0.5, 0.6) is 0 Å². The van der Waals surface area contributed by atoms with E-state index in [1.807, 2.05) is 0 Å². The Morgan fingerprint density at radius 1 is 0.440 bits per heavy atom. The van der Waals surface area contributed by atoms with Crippen molar-refractivity contribution in [1.29, 1.82) is 0 Å². The summed E-state index contributed by atoms with van der Waals surface area (Å²) in [7, 11) is -2.96. The molecule has 6 aromatic rings. The van der Waals surface area contributed by atoms with E-state index in [9.17, 15) is 0 Å². The van der Waals surface area contributed by atoms with E-state index in [4.69, 9.17) is 0 Å². The van der Waals surface area contributed by atoms with E-state index in [1.165, 1.54) is 32.6 Å². The molecule has 0 amide bonds. The Morgan fingerprint density at radius 3 is 1.16 bits per heavy atom. The van der Waals surface area contributed by atoms with Gasteiger partial charge in [-0.2, -0.15) is 0 Å². The first kappa shape index (κ1) is 31.8. The normalized spacial score (nSPS) is 19.5. The first-order chi connectivity index (χ1) is 24.5. The van der Waals surface area contributed by atoms with Gasteiger partial charge < -0.3 is 0 Å². The van der Waals surface area contributed by atoms with Crippen LogP contribution in [-0.2, 0) is 20.0 Å². The summed E-state index contributed by atoms with van der Waals surface area (Å²) in [6, 6.07) is 60.8. The molecule has 2 heteroatoms. The third kappa shape index (κ3) is 4.37. The molecule has 4 bridgehead atoms. The average molecular weight is 827 g/mol. The number of hydrogen-bond acceptors (Lipinski definition) is 0. The van der Waals surface area contributed by atoms with Gasteiger partial charge in [0.1, 0.15) is 0 Å². The standard InChI is InChI=1S/C46H38Si.2CH3.Hf/c1-3-33-31-37-23-17-29-41(35-19-9-5-10-20-35)43(37)45(33)47(39-25-13-7-14-26-39,40-27-15-8-16-28-40)46-34(4-2)32-38-24-18-30-42(44(38)46)36-21-11-6-12-22-36;;;/h5-32H,3-4H2,1-2H3;2*1H3;. The zero-order valence-corrected chi connectivity index (χ0v) is 34.2. The van der Waals surface area contributed by atoms with Gasteiger partial charge in [-0.1, -0.05) is 0 Å². The average Bonchev–Trinajstić information content (AvgIpc) is 3.72. The summed E-state index contributed by atoms with van der Waals surface area (Å²) in [6.45, 7) is 4.94. The number of benzene rings is 6. The molecule has 2 atom stereocenters. The van der Waals surface area contributed by atoms with E-state index in [-0.39, 0.29) is 0 Å². The molecule has 0 spiro atoms. The molecule has 0 aromatic heterocycles. The third-order valence-electron chi connectivity index (χ3n) is 12.2. The van der Waals surface area contributed by atoms with Gasteiger partial charge in [0.2, 0.25) is 0 Å². The van der Waals surface area contributed by atoms with Crippen LogP contribution in [0.3, 0.4) is 0 Å². The summed E-state index contributed by atoms with van der Waals surface area (Å²) in [4.78, 5) is 0. The van der Waals surface area contributed by atoms with Gasteiger partial charge in [-0.05, 0) is 0 Å². The molecule has 1 heterocycles. The molecule has 1 aliphatic heterocycles. The predicted molar refractivity (Wildman–Crippen MR) is 213 cm³/mol. The summed E-state index contributed by atoms with van der Waals surface area (Å²) >= 11 is -3.37. The van der Waals surface area contributed by atoms with E-state index >= 15 is 0 Å². The van der Waals surface area contributed by atoms with Crippen LogP contribution in [0.25, 0.3) is 32.6 Å². The first-order valence-corrected chi connectivity index (χ1v) is 31.8. The summed E-state index contributed by atoms with van der Waals surface area (Å²) in [5.41, 5.74) is 15.3. The van der Waals surface area contributed by atoms with Crippen molar-refractivity contribution in [2.24, 2.45) is 0 Å². The Bertz CT molecular complexity index is 2130. The summed E-state index contributed by atoms with van der Waals surface area (Å²) in [6.07, 6.45) is 2.17. The van der Waals surface area contributed by atoms with Crippen LogP contribution in [0.2, 0.25) is 9.36 Å². The second kappa shape index (κ2) is 12.3. The van der Waals surface area contributed by atoms with E-state index in [0.717, 1.165) is 12.8 Å². The maximum absolute atomic E-state index is 3.37. The van der Waals surface area contributed by atoms with Gasteiger partial charge in [-0.25, -0.2) is 0 Å². The maximum atomic E-state index is 2.82. The van der Waals surface area contributed by atoms with E-state index in [0.29, 0.717) is 7.35 Å². The van der Waals surface area contributed by atoms with E-state index in [1.54, 1.807) is 43.8 Å². The fourth-order valence-corrected chi connectivity index (χ4v) is 35.3. The van der Waals surface area contributed by atoms with Gasteiger partial charge in [0.15, 0.2) is 0 Å². The Kier molecular flexibility index (Phi) is 7.82. The molecule has 6 aromatic carbocycles. The number of hydrogen-bond donors (Lipinski definition) is 0. The molecule has 9 rings (SSSR count). The molecule has 0 saturated carbocycles. The molecule has 0 saturated heterocycles. The minimum atomic E-state index is -3.37. The monoisotopic (exact) mass is 828 g/mol. The van der Waals surface area contributed by atoms with Crippen molar-refractivity contribution in [3.05, 3.63) is 191 Å². The zero-order valence-electron chi connectivity index (χ0n) is 29.6. The van der Waals surface area contributed by atoms with Gasteiger partial charge in [0.05, 0.1) is 0 Å². The van der Waals surface area contributed by atoms with Gasteiger partial charge in [0.25, 0.3) is 0 Å². The van der Waals surface area contributed by atoms with Gasteiger partial charge in [-0.15, -0.1) is 0 Å². The Labute approximate surface area is 303 Å². The molecule has 50 heavy (non-hydrogen) atoms. The molecule has 244 valence electrons. The fraction of sp³-hybridized carbons (Fsp3) is 0.167. The van der Waals surface area contributed by atoms with Crippen molar-refractivity contribution < 1.29 is 20.0 Å². The summed E-state index contributed by atoms with van der Waals surface area (Å²) in [5, 5.41) is 6.40. The van der Waals surface area contributed by atoms with Crippen molar-refractivity contribution in [2.75, 3.05) is 0 Å². The Balaban J connectivity index is 1.55. The van der Waals surface area contributed by atoms with Crippen molar-refractivity contribution in [3.8, 4) is 22.3 Å². The fourth-order valence-electron chi connectivity index (χ4n) is 10.6. The quantitative estimate of drug-likeness (QED) is 0.147. The molecule has 0 nitrogen and oxygen atoms in total. The second-order valence-corrected chi connectivity index (χ2v) is 35.8. The third-order valence-corrected chi connectivity index (χ3v) is 32.7. The zero-order chi connectivity index (χ0) is 34.0. The molecule has 0 N–H and O–H groups in total. The Morgan fingerprint density at radius 2 is 0.800 bits per heavy atom. The molecule has 3 aliphatic rings. The van der Waals surface area contributed by atoms with Crippen LogP contribution in [0.4, 0.5) is 0 Å². The summed E-state index contributed by atoms with van der Waals surface area (Å²) in [5.74, 6) is 0. The SMILES string of the molecule is CCC1=C2c3c(-c4ccccc4)cccc3[CH]1[Hf]([CH3])([CH3])[CH]1C(CC)=C(c3c(-c4ccccc4)cccc31)[Si]2(c1ccccc1)c1ccccc1. The molecular formula is C48H44HfSi. The molecule has 2 aliphatic carbocycles. The Hall–Kier alpha value is -4.11. The minimum absolute atomic E-state index is 0.528. The summed E-state index contributed by atoms with van der Waals surface area (Å²) < 4.78 is 6.69. The van der Waals surface area contributed by atoms with Crippen molar-refractivity contribution in [3.63, 3.8) is 0 Å². The van der Waals surface area contributed by atoms with Crippen molar-refractivity contribution in [2.45, 2.75) is 43.4 Å². The van der Waals surface area contributed by atoms with Gasteiger partial charge >= 0.3 is 306 Å². The molecule has 0 fully saturated rings. The van der Waals surface area contributed by atoms with E-state index < -0.39 is 28.0 Å². The van der Waals surface area contributed by atoms with Crippen molar-refractivity contribution >= 4 is 28.8 Å². The van der Waals surface area contributed by atoms with Gasteiger partial charge in [0, 0.05) is 0 Å². The molecular weight excluding hydrogens is 783 g/mol. The van der Waals surface area contributed by atoms with Crippen LogP contribution in [0, 0.1) is 0 Å². The molecule has 2 unspecified atom stereocenters. The first-order valence-electron chi connectivity index (χ1n) is 18.5. The van der Waals surface area contributed by atoms with Crippen LogP contribution < -0.4 is 10.4 Å². The molecule has 0 radical (unpaired) electrons. The topological polar surface area (TPSA) is 0 Å². The van der Waals surface area contributed by atoms with Gasteiger partial charge in [-0.3, -0.25) is 0 Å². The van der Waals surface area contributed by atoms with Crippen LogP contribution >= 0.6 is 0 Å². The number of allylic oxidation sites excluding steroid dienone is 2. The van der Waals surface area contributed by atoms with Crippen molar-refractivity contribution in [1.82, 2.24) is 0 Å². The number of rotatable bonds is 6. The second-order valence-electron chi connectivity index (χ2n) is 14.9.